The van der Waals surface area contributed by atoms with Gasteiger partial charge >= 0.3 is 0 Å². The summed E-state index contributed by atoms with van der Waals surface area (Å²) >= 11 is 0. The lowest BCUT2D eigenvalue weighted by Crippen LogP contribution is -2.75. The summed E-state index contributed by atoms with van der Waals surface area (Å²) in [5.74, 6) is -8.42. The van der Waals surface area contributed by atoms with Gasteiger partial charge in [0.25, 0.3) is 0 Å². The van der Waals surface area contributed by atoms with Gasteiger partial charge in [0.2, 0.25) is 5.91 Å². The fraction of sp³-hybridized carbons (Fsp3) is 0.630. The molecule has 10 heteroatoms. The van der Waals surface area contributed by atoms with Crippen LogP contribution in [0.25, 0.3) is 0 Å². The quantitative estimate of drug-likeness (QED) is 0.308. The third kappa shape index (κ3) is 4.20. The van der Waals surface area contributed by atoms with Crippen LogP contribution >= 0.6 is 0 Å². The Morgan fingerprint density at radius 2 is 1.92 bits per heavy atom. The van der Waals surface area contributed by atoms with Crippen molar-refractivity contribution in [2.24, 2.45) is 35.3 Å². The highest BCUT2D eigenvalue weighted by atomic mass is 16.3. The van der Waals surface area contributed by atoms with E-state index in [0.29, 0.717) is 24.4 Å². The third-order valence-electron chi connectivity index (χ3n) is 8.78. The van der Waals surface area contributed by atoms with E-state index in [-0.39, 0.29) is 17.7 Å². The van der Waals surface area contributed by atoms with Crippen molar-refractivity contribution >= 4 is 23.3 Å². The third-order valence-corrected chi connectivity index (χ3v) is 8.78. The van der Waals surface area contributed by atoms with Crippen LogP contribution in [-0.2, 0) is 27.3 Å². The Bertz CT molecular complexity index is 1140. The minimum atomic E-state index is -2.65. The summed E-state index contributed by atoms with van der Waals surface area (Å²) in [5, 5.41) is 36.6. The van der Waals surface area contributed by atoms with Crippen LogP contribution in [0, 0.1) is 29.6 Å². The molecule has 6 N–H and O–H groups in total. The first-order chi connectivity index (χ1) is 17.4. The Labute approximate surface area is 216 Å². The summed E-state index contributed by atoms with van der Waals surface area (Å²) in [5.41, 5.74) is 4.29. The molecule has 3 aliphatic rings. The molecular formula is C27H37N3O7. The van der Waals surface area contributed by atoms with Crippen LogP contribution in [0.4, 0.5) is 0 Å². The molecule has 0 heterocycles. The number of rotatable bonds is 7. The molecule has 3 aliphatic carbocycles. The van der Waals surface area contributed by atoms with E-state index in [1.165, 1.54) is 6.07 Å². The van der Waals surface area contributed by atoms with Crippen molar-refractivity contribution in [1.82, 2.24) is 10.2 Å². The summed E-state index contributed by atoms with van der Waals surface area (Å²) in [4.78, 5) is 54.5. The van der Waals surface area contributed by atoms with Gasteiger partial charge in [-0.3, -0.25) is 19.2 Å². The Balaban J connectivity index is 1.76. The number of ketones is 3. The Morgan fingerprint density at radius 3 is 2.51 bits per heavy atom. The predicted molar refractivity (Wildman–Crippen MR) is 134 cm³/mol. The van der Waals surface area contributed by atoms with E-state index >= 15 is 0 Å². The molecule has 1 amide bonds. The fourth-order valence-corrected chi connectivity index (χ4v) is 6.65. The van der Waals surface area contributed by atoms with Crippen molar-refractivity contribution in [3.8, 4) is 5.75 Å². The number of aliphatic hydroxyl groups excluding tert-OH is 1. The zero-order valence-corrected chi connectivity index (χ0v) is 21.7. The molecule has 0 spiro atoms. The molecule has 1 aromatic rings. The number of carbonyl (C=O) groups is 4. The Hall–Kier alpha value is -2.66. The average molecular weight is 516 g/mol. The summed E-state index contributed by atoms with van der Waals surface area (Å²) in [6.45, 7) is 5.50. The highest BCUT2D eigenvalue weighted by molar-refractivity contribution is 6.25. The molecule has 0 aromatic heterocycles. The monoisotopic (exact) mass is 515 g/mol. The summed E-state index contributed by atoms with van der Waals surface area (Å²) < 4.78 is 0. The van der Waals surface area contributed by atoms with Gasteiger partial charge in [-0.1, -0.05) is 26.3 Å². The number of carbonyl (C=O) groups excluding carboxylic acids is 4. The molecule has 8 atom stereocenters. The maximum Gasteiger partial charge on any atom is 0.230 e. The number of hydrogen-bond donors (Lipinski definition) is 5. The molecule has 10 nitrogen and oxygen atoms in total. The van der Waals surface area contributed by atoms with E-state index in [4.69, 9.17) is 5.73 Å². The molecule has 0 radical (unpaired) electrons. The van der Waals surface area contributed by atoms with Gasteiger partial charge in [-0.05, 0) is 62.5 Å². The van der Waals surface area contributed by atoms with Crippen LogP contribution in [0.2, 0.25) is 0 Å². The molecule has 0 bridgehead atoms. The lowest BCUT2D eigenvalue weighted by Gasteiger charge is -2.54. The number of benzene rings is 1. The number of hydrogen-bond acceptors (Lipinski definition) is 9. The summed E-state index contributed by atoms with van der Waals surface area (Å²) in [6, 6.07) is 2.28. The highest BCUT2D eigenvalue weighted by Gasteiger charge is 2.69. The second kappa shape index (κ2) is 9.90. The number of nitrogens with zero attached hydrogens (tertiary/aromatic N) is 1. The van der Waals surface area contributed by atoms with Crippen LogP contribution in [0.1, 0.15) is 48.2 Å². The van der Waals surface area contributed by atoms with E-state index in [2.05, 4.69) is 19.2 Å². The van der Waals surface area contributed by atoms with Crippen LogP contribution in [-0.4, -0.2) is 81.9 Å². The average Bonchev–Trinajstić information content (AvgIpc) is 2.82. The number of likely N-dealkylation sites (N-methyl/N-ethyl adjacent to an activating group) is 1. The number of nitrogens with one attached hydrogen (secondary N) is 1. The molecule has 0 aliphatic heterocycles. The van der Waals surface area contributed by atoms with E-state index in [0.717, 1.165) is 18.5 Å². The van der Waals surface area contributed by atoms with Gasteiger partial charge in [0, 0.05) is 18.5 Å². The molecule has 0 saturated heterocycles. The first-order valence-electron chi connectivity index (χ1n) is 12.9. The SMILES string of the molecule is CCC(C)CNCc1ccc(O)c2c1C[C@@H]1C[C@@H]3C(N(C)C)C(O)C(C(N)=O)C(=O)[C@]3(O)C(=O)C1C2=O. The lowest BCUT2D eigenvalue weighted by atomic mass is 9.52. The van der Waals surface area contributed by atoms with Gasteiger partial charge in [0.15, 0.2) is 23.0 Å². The van der Waals surface area contributed by atoms with Gasteiger partial charge < -0.3 is 31.3 Å². The van der Waals surface area contributed by atoms with Gasteiger partial charge in [0.05, 0.1) is 17.6 Å². The maximum atomic E-state index is 13.8. The largest absolute Gasteiger partial charge is 0.507 e. The number of Topliss-reactive ketones (excluding diaryl/α,β-unsaturated/α-hetero) is 3. The highest BCUT2D eigenvalue weighted by Crippen LogP contribution is 2.51. The zero-order chi connectivity index (χ0) is 27.4. The number of nitrogens with two attached hydrogens (primary N) is 1. The molecule has 4 rings (SSSR count). The van der Waals surface area contributed by atoms with E-state index in [9.17, 15) is 34.5 Å². The molecule has 202 valence electrons. The van der Waals surface area contributed by atoms with E-state index in [1.807, 2.05) is 0 Å². The smallest absolute Gasteiger partial charge is 0.230 e. The number of aromatic hydroxyl groups is 1. The number of amides is 1. The second-order valence-corrected chi connectivity index (χ2v) is 11.2. The van der Waals surface area contributed by atoms with Crippen molar-refractivity contribution in [3.05, 3.63) is 28.8 Å². The number of fused-ring (bicyclic) bond motifs is 3. The second-order valence-electron chi connectivity index (χ2n) is 11.2. The molecule has 37 heavy (non-hydrogen) atoms. The zero-order valence-electron chi connectivity index (χ0n) is 21.7. The molecule has 2 saturated carbocycles. The molecule has 2 fully saturated rings. The van der Waals surface area contributed by atoms with Crippen LogP contribution in [0.3, 0.4) is 0 Å². The summed E-state index contributed by atoms with van der Waals surface area (Å²) in [6.07, 6.45) is -0.0954. The Morgan fingerprint density at radius 1 is 1.24 bits per heavy atom. The normalized spacial score (nSPS) is 34.1. The minimum Gasteiger partial charge on any atom is -0.507 e. The van der Waals surface area contributed by atoms with Gasteiger partial charge in [-0.2, -0.15) is 0 Å². The van der Waals surface area contributed by atoms with Gasteiger partial charge in [0.1, 0.15) is 11.7 Å². The lowest BCUT2D eigenvalue weighted by molar-refractivity contribution is -0.190. The molecule has 1 aromatic carbocycles. The van der Waals surface area contributed by atoms with E-state index in [1.54, 1.807) is 25.1 Å². The Kier molecular flexibility index (Phi) is 7.33. The van der Waals surface area contributed by atoms with E-state index < -0.39 is 64.7 Å². The number of aliphatic hydroxyl groups is 2. The van der Waals surface area contributed by atoms with Crippen molar-refractivity contribution in [2.45, 2.75) is 57.4 Å². The molecular weight excluding hydrogens is 478 g/mol. The van der Waals surface area contributed by atoms with Crippen molar-refractivity contribution in [2.75, 3.05) is 20.6 Å². The first-order valence-corrected chi connectivity index (χ1v) is 12.9. The van der Waals surface area contributed by atoms with Crippen LogP contribution in [0.5, 0.6) is 5.75 Å². The van der Waals surface area contributed by atoms with Crippen LogP contribution < -0.4 is 11.1 Å². The van der Waals surface area contributed by atoms with Gasteiger partial charge in [-0.15, -0.1) is 0 Å². The van der Waals surface area contributed by atoms with Crippen molar-refractivity contribution in [1.29, 1.82) is 0 Å². The number of phenols is 1. The topological polar surface area (TPSA) is 170 Å². The minimum absolute atomic E-state index is 0.0402. The first kappa shape index (κ1) is 27.4. The predicted octanol–water partition coefficient (Wildman–Crippen LogP) is -0.205. The fourth-order valence-electron chi connectivity index (χ4n) is 6.65. The maximum absolute atomic E-state index is 13.8. The summed E-state index contributed by atoms with van der Waals surface area (Å²) in [7, 11) is 3.25. The number of phenolic OH excluding ortho intramolecular Hbond substituents is 1. The number of primary amides is 1. The molecule has 5 unspecified atom stereocenters. The standard InChI is InChI=1S/C27H37N3O7/c1-5-12(2)10-29-11-13-6-7-17(31)19-15(13)8-14-9-16-21(30(3)4)23(33)20(26(28)36)25(35)27(16,37)24(34)18(14)22(19)32/h6-7,12,14,16,18,20-21,23,29,31,33,37H,5,8-11H2,1-4H3,(H2,28,36)/t12?,14-,16-,18?,20?,21?,23?,27-/m1/s1. The van der Waals surface area contributed by atoms with Gasteiger partial charge in [-0.25, -0.2) is 0 Å². The van der Waals surface area contributed by atoms with Crippen LogP contribution in [0.15, 0.2) is 12.1 Å². The van der Waals surface area contributed by atoms with Crippen molar-refractivity contribution in [3.63, 3.8) is 0 Å². The van der Waals surface area contributed by atoms with Crippen molar-refractivity contribution < 1.29 is 34.5 Å².